The molecule has 0 heterocycles. The smallest absolute Gasteiger partial charge is 0.178 e. The molecule has 0 amide bonds. The molecule has 0 N–H and O–H groups in total. The Morgan fingerprint density at radius 3 is 2.11 bits per heavy atom. The van der Waals surface area contributed by atoms with Gasteiger partial charge >= 0.3 is 0 Å². The molecule has 18 heavy (non-hydrogen) atoms. The van der Waals surface area contributed by atoms with Crippen LogP contribution in [0.3, 0.4) is 0 Å². The molecular weight excluding hydrogens is 244 g/mol. The Bertz CT molecular complexity index is 499. The van der Waals surface area contributed by atoms with Gasteiger partial charge in [0.05, 0.1) is 10.6 Å². The molecule has 1 aromatic rings. The monoisotopic (exact) mass is 268 g/mol. The largest absolute Gasteiger partial charge is 0.224 e. The molecule has 102 valence electrons. The van der Waals surface area contributed by atoms with Crippen LogP contribution in [0.15, 0.2) is 23.1 Å². The predicted molar refractivity (Wildman–Crippen MR) is 77.0 cm³/mol. The summed E-state index contributed by atoms with van der Waals surface area (Å²) in [5.41, 5.74) is 2.03. The van der Waals surface area contributed by atoms with Crippen molar-refractivity contribution in [1.82, 2.24) is 0 Å². The van der Waals surface area contributed by atoms with Crippen molar-refractivity contribution in [2.45, 2.75) is 57.8 Å². The Balaban J connectivity index is 3.41. The molecule has 2 nitrogen and oxygen atoms in total. The first-order valence-electron chi connectivity index (χ1n) is 6.66. The molecule has 0 aromatic heterocycles. The zero-order valence-electron chi connectivity index (χ0n) is 12.0. The van der Waals surface area contributed by atoms with Gasteiger partial charge in [-0.15, -0.1) is 0 Å². The number of hydrogen-bond acceptors (Lipinski definition) is 2. The highest BCUT2D eigenvalue weighted by Gasteiger charge is 2.20. The molecule has 3 heteroatoms. The van der Waals surface area contributed by atoms with Gasteiger partial charge in [-0.3, -0.25) is 0 Å². The van der Waals surface area contributed by atoms with Crippen molar-refractivity contribution >= 4 is 9.84 Å². The van der Waals surface area contributed by atoms with Crippen LogP contribution >= 0.6 is 0 Å². The van der Waals surface area contributed by atoms with Gasteiger partial charge in [0.25, 0.3) is 0 Å². The molecule has 0 spiro atoms. The highest BCUT2D eigenvalue weighted by atomic mass is 32.2. The Morgan fingerprint density at radius 1 is 1.06 bits per heavy atom. The first-order valence-corrected chi connectivity index (χ1v) is 8.31. The van der Waals surface area contributed by atoms with Gasteiger partial charge in [-0.2, -0.15) is 0 Å². The average molecular weight is 268 g/mol. The lowest BCUT2D eigenvalue weighted by Crippen LogP contribution is -2.10. The summed E-state index contributed by atoms with van der Waals surface area (Å²) in [5.74, 6) is 0.809. The third-order valence-corrected chi connectivity index (χ3v) is 5.10. The van der Waals surface area contributed by atoms with Crippen molar-refractivity contribution in [2.75, 3.05) is 5.75 Å². The van der Waals surface area contributed by atoms with Gasteiger partial charge in [0.2, 0.25) is 0 Å². The number of benzene rings is 1. The summed E-state index contributed by atoms with van der Waals surface area (Å²) < 4.78 is 24.7. The van der Waals surface area contributed by atoms with Crippen LogP contribution in [0.5, 0.6) is 0 Å². The molecule has 0 bridgehead atoms. The molecule has 0 unspecified atom stereocenters. The van der Waals surface area contributed by atoms with E-state index in [4.69, 9.17) is 0 Å². The summed E-state index contributed by atoms with van der Waals surface area (Å²) in [7, 11) is -3.14. The van der Waals surface area contributed by atoms with E-state index in [1.54, 1.807) is 0 Å². The number of hydrogen-bond donors (Lipinski definition) is 0. The van der Waals surface area contributed by atoms with E-state index in [-0.39, 0.29) is 11.7 Å². The maximum atomic E-state index is 12.3. The van der Waals surface area contributed by atoms with Crippen LogP contribution in [0.1, 0.15) is 64.0 Å². The first kappa shape index (κ1) is 15.2. The van der Waals surface area contributed by atoms with Crippen molar-refractivity contribution in [3.63, 3.8) is 0 Å². The summed E-state index contributed by atoms with van der Waals surface area (Å²) in [4.78, 5) is 0.533. The molecule has 1 aromatic carbocycles. The van der Waals surface area contributed by atoms with E-state index in [1.807, 2.05) is 39.0 Å². The molecule has 0 saturated heterocycles. The minimum Gasteiger partial charge on any atom is -0.224 e. The third kappa shape index (κ3) is 3.35. The molecule has 0 aliphatic carbocycles. The van der Waals surface area contributed by atoms with Crippen LogP contribution in [0.25, 0.3) is 0 Å². The van der Waals surface area contributed by atoms with Crippen LogP contribution < -0.4 is 0 Å². The van der Waals surface area contributed by atoms with E-state index in [2.05, 4.69) is 13.8 Å². The standard InChI is InChI=1S/C15H24O2S/c1-6-9-18(16,17)15-10-13(11(2)3)7-8-14(15)12(4)5/h7-8,10-12H,6,9H2,1-5H3. The molecule has 0 atom stereocenters. The van der Waals surface area contributed by atoms with E-state index in [0.717, 1.165) is 11.1 Å². The fourth-order valence-electron chi connectivity index (χ4n) is 2.04. The topological polar surface area (TPSA) is 34.1 Å². The van der Waals surface area contributed by atoms with E-state index in [1.165, 1.54) is 0 Å². The lowest BCUT2D eigenvalue weighted by Gasteiger charge is -2.16. The van der Waals surface area contributed by atoms with Gasteiger partial charge < -0.3 is 0 Å². The quantitative estimate of drug-likeness (QED) is 0.805. The van der Waals surface area contributed by atoms with Crippen molar-refractivity contribution in [3.8, 4) is 0 Å². The Labute approximate surface area is 111 Å². The second-order valence-electron chi connectivity index (χ2n) is 5.43. The normalized spacial score (nSPS) is 12.4. The van der Waals surface area contributed by atoms with Crippen LogP contribution in [-0.2, 0) is 9.84 Å². The zero-order valence-corrected chi connectivity index (χ0v) is 12.8. The maximum absolute atomic E-state index is 12.3. The summed E-state index contributed by atoms with van der Waals surface area (Å²) in [6, 6.07) is 5.89. The second kappa shape index (κ2) is 5.87. The van der Waals surface area contributed by atoms with Crippen molar-refractivity contribution < 1.29 is 8.42 Å². The summed E-state index contributed by atoms with van der Waals surface area (Å²) in [6.45, 7) is 10.1. The van der Waals surface area contributed by atoms with Crippen molar-refractivity contribution in [2.24, 2.45) is 0 Å². The highest BCUT2D eigenvalue weighted by molar-refractivity contribution is 7.91. The van der Waals surface area contributed by atoms with Gasteiger partial charge in [0, 0.05) is 0 Å². The van der Waals surface area contributed by atoms with Crippen molar-refractivity contribution in [3.05, 3.63) is 29.3 Å². The highest BCUT2D eigenvalue weighted by Crippen LogP contribution is 2.28. The molecule has 0 aliphatic heterocycles. The molecule has 1 rings (SSSR count). The summed E-state index contributed by atoms with van der Waals surface area (Å²) in [5, 5.41) is 0. The van der Waals surface area contributed by atoms with Crippen LogP contribution in [0, 0.1) is 0 Å². The zero-order chi connectivity index (χ0) is 13.9. The van der Waals surface area contributed by atoms with E-state index in [0.29, 0.717) is 17.2 Å². The molecule has 0 saturated carbocycles. The van der Waals surface area contributed by atoms with E-state index < -0.39 is 9.84 Å². The summed E-state index contributed by atoms with van der Waals surface area (Å²) in [6.07, 6.45) is 0.659. The minimum absolute atomic E-state index is 0.229. The molecular formula is C15H24O2S. The van der Waals surface area contributed by atoms with Crippen LogP contribution in [0.4, 0.5) is 0 Å². The predicted octanol–water partition coefficient (Wildman–Crippen LogP) is 4.12. The Morgan fingerprint density at radius 2 is 1.67 bits per heavy atom. The number of sulfone groups is 1. The van der Waals surface area contributed by atoms with Gasteiger partial charge in [-0.1, -0.05) is 46.8 Å². The van der Waals surface area contributed by atoms with E-state index in [9.17, 15) is 8.42 Å². The van der Waals surface area contributed by atoms with Crippen LogP contribution in [0.2, 0.25) is 0 Å². The maximum Gasteiger partial charge on any atom is 0.178 e. The average Bonchev–Trinajstić information content (AvgIpc) is 2.27. The van der Waals surface area contributed by atoms with Gasteiger partial charge in [-0.05, 0) is 35.4 Å². The second-order valence-corrected chi connectivity index (χ2v) is 7.50. The fourth-order valence-corrected chi connectivity index (χ4v) is 3.77. The summed E-state index contributed by atoms with van der Waals surface area (Å²) >= 11 is 0. The number of rotatable bonds is 5. The van der Waals surface area contributed by atoms with Crippen LogP contribution in [-0.4, -0.2) is 14.2 Å². The molecule has 0 aliphatic rings. The van der Waals surface area contributed by atoms with Gasteiger partial charge in [0.1, 0.15) is 0 Å². The Kier molecular flexibility index (Phi) is 4.97. The molecule has 0 radical (unpaired) electrons. The van der Waals surface area contributed by atoms with Gasteiger partial charge in [0.15, 0.2) is 9.84 Å². The minimum atomic E-state index is -3.14. The fraction of sp³-hybridized carbons (Fsp3) is 0.600. The first-order chi connectivity index (χ1) is 8.29. The Hall–Kier alpha value is -0.830. The third-order valence-electron chi connectivity index (χ3n) is 3.13. The lowest BCUT2D eigenvalue weighted by atomic mass is 9.97. The molecule has 0 fully saturated rings. The lowest BCUT2D eigenvalue weighted by molar-refractivity contribution is 0.592. The SMILES string of the molecule is CCCS(=O)(=O)c1cc(C(C)C)ccc1C(C)C. The van der Waals surface area contributed by atoms with Crippen molar-refractivity contribution in [1.29, 1.82) is 0 Å². The van der Waals surface area contributed by atoms with Gasteiger partial charge in [-0.25, -0.2) is 8.42 Å². The van der Waals surface area contributed by atoms with E-state index >= 15 is 0 Å².